The molecule has 21 heavy (non-hydrogen) atoms. The van der Waals surface area contributed by atoms with Gasteiger partial charge < -0.3 is 14.8 Å². The fourth-order valence-corrected chi connectivity index (χ4v) is 2.41. The molecular weight excluding hydrogens is 332 g/mol. The summed E-state index contributed by atoms with van der Waals surface area (Å²) in [5.41, 5.74) is 2.78. The van der Waals surface area contributed by atoms with Crippen molar-refractivity contribution in [3.63, 3.8) is 0 Å². The third kappa shape index (κ3) is 3.25. The number of nitrogens with zero attached hydrogens (tertiary/aromatic N) is 1. The van der Waals surface area contributed by atoms with Gasteiger partial charge in [-0.2, -0.15) is 0 Å². The van der Waals surface area contributed by atoms with Crippen molar-refractivity contribution < 1.29 is 9.52 Å². The summed E-state index contributed by atoms with van der Waals surface area (Å²) in [6.45, 7) is 0.549. The lowest BCUT2D eigenvalue weighted by molar-refractivity contribution is 0.469. The Labute approximate surface area is 130 Å². The molecule has 0 aliphatic rings. The van der Waals surface area contributed by atoms with Gasteiger partial charge in [0, 0.05) is 27.8 Å². The highest BCUT2D eigenvalue weighted by Gasteiger charge is 2.03. The molecule has 0 bridgehead atoms. The van der Waals surface area contributed by atoms with Gasteiger partial charge in [-0.1, -0.05) is 15.9 Å². The van der Waals surface area contributed by atoms with Gasteiger partial charge in [0.1, 0.15) is 5.75 Å². The number of rotatable bonds is 4. The summed E-state index contributed by atoms with van der Waals surface area (Å²) in [4.78, 5) is 3.90. The van der Waals surface area contributed by atoms with E-state index in [9.17, 15) is 5.11 Å². The van der Waals surface area contributed by atoms with Crippen LogP contribution < -0.4 is 5.32 Å². The molecule has 0 atom stereocenters. The van der Waals surface area contributed by atoms with E-state index in [0.717, 1.165) is 27.0 Å². The Morgan fingerprint density at radius 2 is 1.95 bits per heavy atom. The maximum Gasteiger partial charge on any atom is 0.181 e. The summed E-state index contributed by atoms with van der Waals surface area (Å²) < 4.78 is 6.19. The standard InChI is InChI=1S/C16H13BrN2O2/c17-13-3-6-15(20)12(7-13)8-19-14-4-1-11(2-5-14)16-9-18-10-21-16/h1-7,9-10,19-20H,8H2. The first-order valence-corrected chi connectivity index (χ1v) is 7.22. The molecule has 3 rings (SSSR count). The maximum absolute atomic E-state index is 9.80. The normalized spacial score (nSPS) is 10.5. The Morgan fingerprint density at radius 1 is 1.14 bits per heavy atom. The van der Waals surface area contributed by atoms with E-state index < -0.39 is 0 Å². The van der Waals surface area contributed by atoms with E-state index >= 15 is 0 Å². The van der Waals surface area contributed by atoms with Crippen molar-refractivity contribution in [1.29, 1.82) is 0 Å². The highest BCUT2D eigenvalue weighted by molar-refractivity contribution is 9.10. The molecule has 0 saturated heterocycles. The first kappa shape index (κ1) is 13.7. The smallest absolute Gasteiger partial charge is 0.181 e. The molecule has 5 heteroatoms. The monoisotopic (exact) mass is 344 g/mol. The topological polar surface area (TPSA) is 58.3 Å². The van der Waals surface area contributed by atoms with Crippen LogP contribution in [0.4, 0.5) is 5.69 Å². The minimum Gasteiger partial charge on any atom is -0.508 e. The van der Waals surface area contributed by atoms with Crippen molar-refractivity contribution in [2.45, 2.75) is 6.54 Å². The van der Waals surface area contributed by atoms with E-state index in [1.807, 2.05) is 36.4 Å². The van der Waals surface area contributed by atoms with Crippen molar-refractivity contribution >= 4 is 21.6 Å². The Kier molecular flexibility index (Phi) is 3.92. The second kappa shape index (κ2) is 6.01. The molecular formula is C16H13BrN2O2. The Morgan fingerprint density at radius 3 is 2.67 bits per heavy atom. The van der Waals surface area contributed by atoms with Gasteiger partial charge in [-0.05, 0) is 42.5 Å². The van der Waals surface area contributed by atoms with Crippen LogP contribution in [0.15, 0.2) is 63.9 Å². The average molecular weight is 345 g/mol. The van der Waals surface area contributed by atoms with E-state index in [-0.39, 0.29) is 5.75 Å². The lowest BCUT2D eigenvalue weighted by atomic mass is 10.1. The van der Waals surface area contributed by atoms with Crippen LogP contribution in [0.5, 0.6) is 5.75 Å². The third-order valence-electron chi connectivity index (χ3n) is 3.13. The molecule has 2 aromatic carbocycles. The van der Waals surface area contributed by atoms with Gasteiger partial charge in [0.25, 0.3) is 0 Å². The Balaban J connectivity index is 1.70. The predicted molar refractivity (Wildman–Crippen MR) is 85.1 cm³/mol. The summed E-state index contributed by atoms with van der Waals surface area (Å²) >= 11 is 3.40. The lowest BCUT2D eigenvalue weighted by Crippen LogP contribution is -1.99. The quantitative estimate of drug-likeness (QED) is 0.735. The van der Waals surface area contributed by atoms with Gasteiger partial charge >= 0.3 is 0 Å². The van der Waals surface area contributed by atoms with Crippen molar-refractivity contribution in [1.82, 2.24) is 4.98 Å². The van der Waals surface area contributed by atoms with Crippen LogP contribution in [-0.2, 0) is 6.54 Å². The number of benzene rings is 2. The number of anilines is 1. The molecule has 106 valence electrons. The van der Waals surface area contributed by atoms with Crippen LogP contribution in [0.3, 0.4) is 0 Å². The number of hydrogen-bond acceptors (Lipinski definition) is 4. The van der Waals surface area contributed by atoms with E-state index in [2.05, 4.69) is 26.2 Å². The van der Waals surface area contributed by atoms with Crippen molar-refractivity contribution in [3.8, 4) is 17.1 Å². The SMILES string of the molecule is Oc1ccc(Br)cc1CNc1ccc(-c2cnco2)cc1. The molecule has 0 fully saturated rings. The molecule has 2 N–H and O–H groups in total. The first-order valence-electron chi connectivity index (χ1n) is 6.42. The van der Waals surface area contributed by atoms with Gasteiger partial charge in [0.15, 0.2) is 12.2 Å². The van der Waals surface area contributed by atoms with Crippen LogP contribution in [0.25, 0.3) is 11.3 Å². The molecule has 0 unspecified atom stereocenters. The fraction of sp³-hybridized carbons (Fsp3) is 0.0625. The molecule has 0 radical (unpaired) electrons. The minimum atomic E-state index is 0.281. The second-order valence-electron chi connectivity index (χ2n) is 4.57. The van der Waals surface area contributed by atoms with E-state index in [1.165, 1.54) is 6.39 Å². The zero-order chi connectivity index (χ0) is 14.7. The van der Waals surface area contributed by atoms with E-state index in [0.29, 0.717) is 6.54 Å². The zero-order valence-corrected chi connectivity index (χ0v) is 12.7. The summed E-state index contributed by atoms with van der Waals surface area (Å²) in [7, 11) is 0. The van der Waals surface area contributed by atoms with Crippen LogP contribution in [-0.4, -0.2) is 10.1 Å². The molecule has 0 aliphatic heterocycles. The molecule has 3 aromatic rings. The minimum absolute atomic E-state index is 0.281. The maximum atomic E-state index is 9.80. The predicted octanol–water partition coefficient (Wildman–Crippen LogP) is 4.42. The molecule has 0 saturated carbocycles. The lowest BCUT2D eigenvalue weighted by Gasteiger charge is -2.09. The number of phenolic OH excluding ortho intramolecular Hbond substituents is 1. The molecule has 1 aromatic heterocycles. The van der Waals surface area contributed by atoms with Crippen molar-refractivity contribution in [2.75, 3.05) is 5.32 Å². The van der Waals surface area contributed by atoms with Crippen LogP contribution in [0.2, 0.25) is 0 Å². The van der Waals surface area contributed by atoms with Crippen molar-refractivity contribution in [2.24, 2.45) is 0 Å². The van der Waals surface area contributed by atoms with E-state index in [4.69, 9.17) is 4.42 Å². The second-order valence-corrected chi connectivity index (χ2v) is 5.49. The molecule has 0 amide bonds. The van der Waals surface area contributed by atoms with Gasteiger partial charge in [0.2, 0.25) is 0 Å². The number of oxazole rings is 1. The van der Waals surface area contributed by atoms with Gasteiger partial charge in [-0.15, -0.1) is 0 Å². The Bertz CT molecular complexity index is 725. The first-order chi connectivity index (χ1) is 10.2. The van der Waals surface area contributed by atoms with Crippen molar-refractivity contribution in [3.05, 3.63) is 65.1 Å². The average Bonchev–Trinajstić information content (AvgIpc) is 3.03. The number of nitrogens with one attached hydrogen (secondary N) is 1. The van der Waals surface area contributed by atoms with Gasteiger partial charge in [-0.3, -0.25) is 0 Å². The molecule has 0 spiro atoms. The zero-order valence-electron chi connectivity index (χ0n) is 11.1. The largest absolute Gasteiger partial charge is 0.508 e. The summed E-state index contributed by atoms with van der Waals surface area (Å²) in [5, 5.41) is 13.1. The number of aromatic nitrogens is 1. The number of aromatic hydroxyl groups is 1. The highest BCUT2D eigenvalue weighted by atomic mass is 79.9. The fourth-order valence-electron chi connectivity index (χ4n) is 2.00. The molecule has 1 heterocycles. The number of phenols is 1. The molecule has 0 aliphatic carbocycles. The van der Waals surface area contributed by atoms with Gasteiger partial charge in [-0.25, -0.2) is 4.98 Å². The highest BCUT2D eigenvalue weighted by Crippen LogP contribution is 2.24. The van der Waals surface area contributed by atoms with Crippen LogP contribution >= 0.6 is 15.9 Å². The summed E-state index contributed by atoms with van der Waals surface area (Å²) in [5.74, 6) is 1.02. The number of halogens is 1. The molecule has 4 nitrogen and oxygen atoms in total. The van der Waals surface area contributed by atoms with Gasteiger partial charge in [0.05, 0.1) is 6.20 Å². The van der Waals surface area contributed by atoms with E-state index in [1.54, 1.807) is 12.3 Å². The Hall–Kier alpha value is -2.27. The summed E-state index contributed by atoms with van der Waals surface area (Å²) in [6, 6.07) is 13.2. The number of hydrogen-bond donors (Lipinski definition) is 2. The van der Waals surface area contributed by atoms with Crippen LogP contribution in [0.1, 0.15) is 5.56 Å². The summed E-state index contributed by atoms with van der Waals surface area (Å²) in [6.07, 6.45) is 3.10. The van der Waals surface area contributed by atoms with Crippen LogP contribution in [0, 0.1) is 0 Å². The third-order valence-corrected chi connectivity index (χ3v) is 3.62.